The second-order valence-corrected chi connectivity index (χ2v) is 6.68. The molecule has 0 radical (unpaired) electrons. The molecule has 0 bridgehead atoms. The maximum absolute atomic E-state index is 9.09. The SMILES string of the molecule is N#Cc1cccc(N2CCC[C@H](c3nccn3Cc3ccccc3)C2)n1. The van der Waals surface area contributed by atoms with E-state index in [0.717, 1.165) is 44.1 Å². The van der Waals surface area contributed by atoms with Gasteiger partial charge in [-0.15, -0.1) is 0 Å². The Morgan fingerprint density at radius 3 is 2.85 bits per heavy atom. The first-order valence-corrected chi connectivity index (χ1v) is 9.00. The minimum Gasteiger partial charge on any atom is -0.356 e. The molecule has 3 aromatic rings. The van der Waals surface area contributed by atoms with Gasteiger partial charge in [0, 0.05) is 37.9 Å². The van der Waals surface area contributed by atoms with Crippen LogP contribution in [0.3, 0.4) is 0 Å². The van der Waals surface area contributed by atoms with E-state index in [1.165, 1.54) is 5.56 Å². The minimum atomic E-state index is 0.370. The lowest BCUT2D eigenvalue weighted by Gasteiger charge is -2.33. The summed E-state index contributed by atoms with van der Waals surface area (Å²) in [7, 11) is 0. The molecule has 0 aliphatic carbocycles. The highest BCUT2D eigenvalue weighted by Gasteiger charge is 2.25. The van der Waals surface area contributed by atoms with Gasteiger partial charge < -0.3 is 9.47 Å². The number of benzene rings is 1. The van der Waals surface area contributed by atoms with E-state index in [1.54, 1.807) is 6.07 Å². The molecule has 1 aliphatic rings. The van der Waals surface area contributed by atoms with Gasteiger partial charge in [0.1, 0.15) is 23.4 Å². The quantitative estimate of drug-likeness (QED) is 0.726. The van der Waals surface area contributed by atoms with Crippen LogP contribution in [0.25, 0.3) is 0 Å². The molecule has 1 aliphatic heterocycles. The van der Waals surface area contributed by atoms with Crippen molar-refractivity contribution in [1.29, 1.82) is 5.26 Å². The van der Waals surface area contributed by atoms with Crippen molar-refractivity contribution in [3.05, 3.63) is 78.0 Å². The van der Waals surface area contributed by atoms with E-state index >= 15 is 0 Å². The first kappa shape index (κ1) is 16.3. The number of rotatable bonds is 4. The van der Waals surface area contributed by atoms with Crippen molar-refractivity contribution < 1.29 is 0 Å². The number of nitriles is 1. The Balaban J connectivity index is 1.53. The van der Waals surface area contributed by atoms with Crippen LogP contribution in [0.15, 0.2) is 60.9 Å². The molecule has 0 amide bonds. The molecule has 0 N–H and O–H groups in total. The number of hydrogen-bond donors (Lipinski definition) is 0. The highest BCUT2D eigenvalue weighted by Crippen LogP contribution is 2.28. The number of imidazole rings is 1. The van der Waals surface area contributed by atoms with Crippen LogP contribution in [0.5, 0.6) is 0 Å². The van der Waals surface area contributed by atoms with E-state index in [0.29, 0.717) is 11.6 Å². The second kappa shape index (κ2) is 7.40. The van der Waals surface area contributed by atoms with E-state index in [4.69, 9.17) is 5.26 Å². The maximum atomic E-state index is 9.09. The van der Waals surface area contributed by atoms with Crippen LogP contribution in [-0.2, 0) is 6.54 Å². The summed E-state index contributed by atoms with van der Waals surface area (Å²) in [5.41, 5.74) is 1.75. The lowest BCUT2D eigenvalue weighted by atomic mass is 9.97. The fourth-order valence-corrected chi connectivity index (χ4v) is 3.65. The summed E-state index contributed by atoms with van der Waals surface area (Å²) in [6.07, 6.45) is 6.18. The van der Waals surface area contributed by atoms with Gasteiger partial charge in [-0.05, 0) is 30.5 Å². The van der Waals surface area contributed by atoms with Gasteiger partial charge in [0.15, 0.2) is 0 Å². The summed E-state index contributed by atoms with van der Waals surface area (Å²) in [4.78, 5) is 11.4. The van der Waals surface area contributed by atoms with Gasteiger partial charge in [-0.2, -0.15) is 5.26 Å². The van der Waals surface area contributed by atoms with E-state index in [2.05, 4.69) is 56.0 Å². The molecule has 2 aromatic heterocycles. The van der Waals surface area contributed by atoms with Crippen molar-refractivity contribution in [2.24, 2.45) is 0 Å². The summed E-state index contributed by atoms with van der Waals surface area (Å²) in [6, 6.07) is 18.2. The van der Waals surface area contributed by atoms with Crippen molar-refractivity contribution in [2.45, 2.75) is 25.3 Å². The van der Waals surface area contributed by atoms with Crippen LogP contribution in [0.1, 0.15) is 35.8 Å². The summed E-state index contributed by atoms with van der Waals surface area (Å²) in [5.74, 6) is 2.39. The molecule has 1 atom stereocenters. The second-order valence-electron chi connectivity index (χ2n) is 6.68. The standard InChI is InChI=1S/C21H21N5/c22-14-19-9-4-10-20(24-19)25-12-5-8-18(16-25)21-23-11-13-26(21)15-17-6-2-1-3-7-17/h1-4,6-7,9-11,13,18H,5,8,12,15-16H2/t18-/m0/s1. The van der Waals surface area contributed by atoms with E-state index in [9.17, 15) is 0 Å². The zero-order valence-electron chi connectivity index (χ0n) is 14.6. The van der Waals surface area contributed by atoms with Crippen molar-refractivity contribution in [3.63, 3.8) is 0 Å². The van der Waals surface area contributed by atoms with Crippen LogP contribution >= 0.6 is 0 Å². The summed E-state index contributed by atoms with van der Waals surface area (Å²) < 4.78 is 2.25. The van der Waals surface area contributed by atoms with Crippen molar-refractivity contribution in [1.82, 2.24) is 14.5 Å². The Bertz CT molecular complexity index is 909. The van der Waals surface area contributed by atoms with Crippen molar-refractivity contribution >= 4 is 5.82 Å². The van der Waals surface area contributed by atoms with Crippen molar-refractivity contribution in [2.75, 3.05) is 18.0 Å². The third-order valence-corrected chi connectivity index (χ3v) is 4.90. The molecule has 5 heteroatoms. The van der Waals surface area contributed by atoms with Crippen molar-refractivity contribution in [3.8, 4) is 6.07 Å². The fraction of sp³-hybridized carbons (Fsp3) is 0.286. The Kier molecular flexibility index (Phi) is 4.65. The number of aromatic nitrogens is 3. The first-order valence-electron chi connectivity index (χ1n) is 9.00. The topological polar surface area (TPSA) is 57.7 Å². The molecular weight excluding hydrogens is 322 g/mol. The molecule has 5 nitrogen and oxygen atoms in total. The normalized spacial score (nSPS) is 17.0. The highest BCUT2D eigenvalue weighted by atomic mass is 15.2. The molecule has 130 valence electrons. The number of anilines is 1. The predicted molar refractivity (Wildman–Crippen MR) is 101 cm³/mol. The van der Waals surface area contributed by atoms with Gasteiger partial charge in [-0.25, -0.2) is 9.97 Å². The molecule has 0 saturated carbocycles. The largest absolute Gasteiger partial charge is 0.356 e. The fourth-order valence-electron chi connectivity index (χ4n) is 3.65. The van der Waals surface area contributed by atoms with Crippen LogP contribution in [0, 0.1) is 11.3 Å². The molecule has 1 fully saturated rings. The minimum absolute atomic E-state index is 0.370. The lowest BCUT2D eigenvalue weighted by molar-refractivity contribution is 0.474. The number of hydrogen-bond acceptors (Lipinski definition) is 4. The third kappa shape index (κ3) is 3.45. The summed E-state index contributed by atoms with van der Waals surface area (Å²) in [5, 5.41) is 9.09. The summed E-state index contributed by atoms with van der Waals surface area (Å²) in [6.45, 7) is 2.69. The Morgan fingerprint density at radius 2 is 2.00 bits per heavy atom. The molecule has 26 heavy (non-hydrogen) atoms. The third-order valence-electron chi connectivity index (χ3n) is 4.90. The van der Waals surface area contributed by atoms with Gasteiger partial charge in [0.05, 0.1) is 0 Å². The van der Waals surface area contributed by atoms with Gasteiger partial charge in [-0.3, -0.25) is 0 Å². The van der Waals surface area contributed by atoms with E-state index in [-0.39, 0.29) is 0 Å². The average molecular weight is 343 g/mol. The molecular formula is C21H21N5. The molecule has 1 saturated heterocycles. The Morgan fingerprint density at radius 1 is 1.12 bits per heavy atom. The highest BCUT2D eigenvalue weighted by molar-refractivity contribution is 5.42. The average Bonchev–Trinajstić information content (AvgIpc) is 3.17. The maximum Gasteiger partial charge on any atom is 0.142 e. The Labute approximate surface area is 153 Å². The van der Waals surface area contributed by atoms with Gasteiger partial charge >= 0.3 is 0 Å². The monoisotopic (exact) mass is 343 g/mol. The molecule has 3 heterocycles. The van der Waals surface area contributed by atoms with Crippen LogP contribution in [0.4, 0.5) is 5.82 Å². The smallest absolute Gasteiger partial charge is 0.142 e. The lowest BCUT2D eigenvalue weighted by Crippen LogP contribution is -2.36. The zero-order valence-corrected chi connectivity index (χ0v) is 14.6. The number of nitrogens with zero attached hydrogens (tertiary/aromatic N) is 5. The van der Waals surface area contributed by atoms with Gasteiger partial charge in [0.25, 0.3) is 0 Å². The van der Waals surface area contributed by atoms with Crippen LogP contribution < -0.4 is 4.90 Å². The number of piperidine rings is 1. The van der Waals surface area contributed by atoms with Gasteiger partial charge in [-0.1, -0.05) is 36.4 Å². The van der Waals surface area contributed by atoms with Crippen LogP contribution in [-0.4, -0.2) is 27.6 Å². The molecule has 4 rings (SSSR count). The molecule has 0 unspecified atom stereocenters. The zero-order chi connectivity index (χ0) is 17.8. The molecule has 0 spiro atoms. The van der Waals surface area contributed by atoms with Crippen LogP contribution in [0.2, 0.25) is 0 Å². The van der Waals surface area contributed by atoms with E-state index in [1.807, 2.05) is 24.4 Å². The van der Waals surface area contributed by atoms with Gasteiger partial charge in [0.2, 0.25) is 0 Å². The Hall–Kier alpha value is -3.13. The first-order chi connectivity index (χ1) is 12.8. The van der Waals surface area contributed by atoms with E-state index < -0.39 is 0 Å². The predicted octanol–water partition coefficient (Wildman–Crippen LogP) is 3.58. The number of pyridine rings is 1. The molecule has 1 aromatic carbocycles. The summed E-state index contributed by atoms with van der Waals surface area (Å²) >= 11 is 0.